The molecule has 0 atom stereocenters. The van der Waals surface area contributed by atoms with E-state index in [0.717, 1.165) is 0 Å². The molecule has 0 aromatic carbocycles. The van der Waals surface area contributed by atoms with Crippen LogP contribution < -0.4 is 10.6 Å². The van der Waals surface area contributed by atoms with Crippen LogP contribution in [0.15, 0.2) is 6.33 Å². The molecule has 2 aromatic heterocycles. The van der Waals surface area contributed by atoms with Crippen LogP contribution in [0.3, 0.4) is 0 Å². The summed E-state index contributed by atoms with van der Waals surface area (Å²) in [5.74, 6) is -0.0222. The molecule has 1 radical (unpaired) electrons. The van der Waals surface area contributed by atoms with Crippen molar-refractivity contribution in [3.63, 3.8) is 0 Å². The molecule has 2 amide bonds. The normalized spacial score (nSPS) is 11.8. The number of hydrogen-bond acceptors (Lipinski definition) is 5. The van der Waals surface area contributed by atoms with Gasteiger partial charge in [0.15, 0.2) is 11.5 Å². The van der Waals surface area contributed by atoms with E-state index in [9.17, 15) is 9.59 Å². The van der Waals surface area contributed by atoms with Gasteiger partial charge in [0.2, 0.25) is 17.8 Å². The Bertz CT molecular complexity index is 757. The van der Waals surface area contributed by atoms with E-state index in [1.807, 2.05) is 0 Å². The Balaban J connectivity index is 0.00000288. The van der Waals surface area contributed by atoms with Gasteiger partial charge in [0.1, 0.15) is 5.52 Å². The monoisotopic (exact) mass is 357 g/mol. The van der Waals surface area contributed by atoms with Crippen molar-refractivity contribution in [1.29, 1.82) is 0 Å². The maximum absolute atomic E-state index is 12.2. The zero-order valence-electron chi connectivity index (χ0n) is 15.2. The molecule has 0 unspecified atom stereocenters. The minimum absolute atomic E-state index is 0. The maximum Gasteiger partial charge on any atom is 0.233 e. The molecule has 2 rings (SSSR count). The van der Waals surface area contributed by atoms with Gasteiger partial charge in [-0.05, 0) is 0 Å². The number of H-pyrrole nitrogens is 1. The van der Waals surface area contributed by atoms with Crippen LogP contribution in [0.2, 0.25) is 0 Å². The van der Waals surface area contributed by atoms with Crippen LogP contribution in [0.25, 0.3) is 11.2 Å². The van der Waals surface area contributed by atoms with E-state index in [0.29, 0.717) is 11.2 Å². The van der Waals surface area contributed by atoms with Crippen LogP contribution in [-0.4, -0.2) is 83.1 Å². The molecule has 2 aromatic rings. The Morgan fingerprint density at radius 2 is 1.50 bits per heavy atom. The van der Waals surface area contributed by atoms with Crippen LogP contribution in [0.1, 0.15) is 41.5 Å². The molecule has 0 bridgehead atoms. The molecular weight excluding hydrogens is 335 g/mol. The smallest absolute Gasteiger partial charge is 0.233 e. The zero-order valence-corrected chi connectivity index (χ0v) is 18.4. The van der Waals surface area contributed by atoms with E-state index in [1.165, 1.54) is 6.33 Å². The Morgan fingerprint density at radius 1 is 0.958 bits per heavy atom. The predicted octanol–water partition coefficient (Wildman–Crippen LogP) is 1.94. The molecule has 0 fully saturated rings. The number of carbonyl (C=O) groups excluding carboxylic acids is 2. The van der Waals surface area contributed by atoms with Crippen LogP contribution in [0.4, 0.5) is 11.8 Å². The summed E-state index contributed by atoms with van der Waals surface area (Å²) in [7, 11) is 0. The van der Waals surface area contributed by atoms with Gasteiger partial charge in [-0.25, -0.2) is 4.98 Å². The first kappa shape index (κ1) is 21.2. The van der Waals surface area contributed by atoms with Crippen molar-refractivity contribution in [2.75, 3.05) is 10.6 Å². The van der Waals surface area contributed by atoms with Crippen molar-refractivity contribution >= 4 is 86.1 Å². The molecule has 3 N–H and O–H groups in total. The topological polar surface area (TPSA) is 113 Å². The number of amides is 2. The van der Waals surface area contributed by atoms with E-state index in [2.05, 4.69) is 30.6 Å². The summed E-state index contributed by atoms with van der Waals surface area (Å²) in [6.45, 7) is 10.8. The first-order chi connectivity index (χ1) is 10.5. The Hall–Kier alpha value is -0.874. The van der Waals surface area contributed by atoms with E-state index in [1.54, 1.807) is 41.5 Å². The average Bonchev–Trinajstić information content (AvgIpc) is 2.84. The van der Waals surface area contributed by atoms with E-state index < -0.39 is 10.8 Å². The number of carbonyl (C=O) groups is 2. The minimum Gasteiger partial charge on any atom is -0.340 e. The van der Waals surface area contributed by atoms with Crippen LogP contribution in [0, 0.1) is 10.8 Å². The number of imidazole rings is 1. The maximum atomic E-state index is 12.2. The number of nitrogens with zero attached hydrogens (tertiary/aromatic N) is 3. The van der Waals surface area contributed by atoms with E-state index >= 15 is 0 Å². The molecule has 0 aliphatic rings. The molecule has 2 heterocycles. The second kappa shape index (κ2) is 7.57. The number of rotatable bonds is 2. The Morgan fingerprint density at radius 3 is 2.04 bits per heavy atom. The second-order valence-corrected chi connectivity index (χ2v) is 7.41. The fourth-order valence-electron chi connectivity index (χ4n) is 1.56. The van der Waals surface area contributed by atoms with Crippen molar-refractivity contribution in [2.24, 2.45) is 10.8 Å². The third-order valence-electron chi connectivity index (χ3n) is 3.11. The SMILES string of the molecule is CC(C)(C)C(=O)Nc1nc(NC(=O)C(C)(C)C)c2[nH]cnc2n1.[K]. The summed E-state index contributed by atoms with van der Waals surface area (Å²) in [5.41, 5.74) is -0.282. The van der Waals surface area contributed by atoms with E-state index in [4.69, 9.17) is 0 Å². The predicted molar refractivity (Wildman–Crippen MR) is 93.6 cm³/mol. The largest absolute Gasteiger partial charge is 0.340 e. The van der Waals surface area contributed by atoms with Crippen molar-refractivity contribution in [1.82, 2.24) is 19.9 Å². The van der Waals surface area contributed by atoms with Crippen molar-refractivity contribution in [3.8, 4) is 0 Å². The van der Waals surface area contributed by atoms with Crippen LogP contribution in [-0.2, 0) is 9.59 Å². The van der Waals surface area contributed by atoms with Crippen molar-refractivity contribution in [2.45, 2.75) is 41.5 Å². The molecule has 0 aliphatic carbocycles. The molecule has 9 heteroatoms. The summed E-state index contributed by atoms with van der Waals surface area (Å²) in [6.07, 6.45) is 1.46. The summed E-state index contributed by atoms with van der Waals surface area (Å²) in [4.78, 5) is 39.7. The quantitative estimate of drug-likeness (QED) is 0.711. The second-order valence-electron chi connectivity index (χ2n) is 7.41. The standard InChI is InChI=1S/C15H22N6O2.K/c1-14(2,3)11(22)18-10-8-9(17-7-16-8)19-13(20-10)21-12(23)15(4,5)6;/h7H,1-6H3,(H3,16,17,18,19,20,21,22,23);. The molecule has 0 spiro atoms. The molecule has 24 heavy (non-hydrogen) atoms. The van der Waals surface area contributed by atoms with Gasteiger partial charge < -0.3 is 10.3 Å². The molecule has 8 nitrogen and oxygen atoms in total. The van der Waals surface area contributed by atoms with Crippen LogP contribution in [0.5, 0.6) is 0 Å². The third-order valence-corrected chi connectivity index (χ3v) is 3.11. The van der Waals surface area contributed by atoms with Gasteiger partial charge in [-0.2, -0.15) is 9.97 Å². The fraction of sp³-hybridized carbons (Fsp3) is 0.533. The first-order valence-electron chi connectivity index (χ1n) is 7.32. The van der Waals surface area contributed by atoms with Gasteiger partial charge in [0, 0.05) is 62.2 Å². The minimum atomic E-state index is -0.585. The van der Waals surface area contributed by atoms with Crippen molar-refractivity contribution in [3.05, 3.63) is 6.33 Å². The van der Waals surface area contributed by atoms with E-state index in [-0.39, 0.29) is 75.0 Å². The summed E-state index contributed by atoms with van der Waals surface area (Å²) in [6, 6.07) is 0. The summed E-state index contributed by atoms with van der Waals surface area (Å²) >= 11 is 0. The molecule has 0 saturated carbocycles. The zero-order chi connectivity index (χ0) is 17.4. The van der Waals surface area contributed by atoms with Crippen LogP contribution >= 0.6 is 0 Å². The van der Waals surface area contributed by atoms with Gasteiger partial charge >= 0.3 is 0 Å². The number of aromatic nitrogens is 4. The van der Waals surface area contributed by atoms with Gasteiger partial charge in [0.05, 0.1) is 6.33 Å². The number of hydrogen-bond donors (Lipinski definition) is 3. The number of anilines is 2. The average molecular weight is 357 g/mol. The Kier molecular flexibility index (Phi) is 6.67. The third kappa shape index (κ3) is 5.06. The Labute approximate surface area is 183 Å². The number of aromatic amines is 1. The first-order valence-corrected chi connectivity index (χ1v) is 7.32. The van der Waals surface area contributed by atoms with Gasteiger partial charge in [-0.1, -0.05) is 41.5 Å². The molecular formula is C15H22KN6O2. The van der Waals surface area contributed by atoms with Gasteiger partial charge in [-0.3, -0.25) is 14.9 Å². The molecule has 125 valence electrons. The number of nitrogens with one attached hydrogen (secondary N) is 3. The fourth-order valence-corrected chi connectivity index (χ4v) is 1.56. The van der Waals surface area contributed by atoms with Crippen molar-refractivity contribution < 1.29 is 9.59 Å². The van der Waals surface area contributed by atoms with Gasteiger partial charge in [0.25, 0.3) is 0 Å². The molecule has 0 aliphatic heterocycles. The molecule has 0 saturated heterocycles. The summed E-state index contributed by atoms with van der Waals surface area (Å²) in [5, 5.41) is 5.40. The summed E-state index contributed by atoms with van der Waals surface area (Å²) < 4.78 is 0. The van der Waals surface area contributed by atoms with Gasteiger partial charge in [-0.15, -0.1) is 0 Å². The number of fused-ring (bicyclic) bond motifs is 1.